The van der Waals surface area contributed by atoms with Crippen LogP contribution in [-0.2, 0) is 6.42 Å². The van der Waals surface area contributed by atoms with E-state index in [1.807, 2.05) is 32.0 Å². The van der Waals surface area contributed by atoms with Gasteiger partial charge in [0, 0.05) is 23.4 Å². The molecule has 3 aromatic rings. The fraction of sp³-hybridized carbons (Fsp3) is 0.400. The maximum Gasteiger partial charge on any atom is 0.331 e. The van der Waals surface area contributed by atoms with Gasteiger partial charge in [0.1, 0.15) is 5.56 Å². The standard InChI is InChI=1S/C20H24N4O3/c1-4-23-10-9-13-12-7-5-6-8-14(12)21-16(13)17(23)15-18(25)22-20(27)24(11(2)3)19(15)26/h5-8,11,17,21,26H,4,9-10H2,1-3H3,(H,22,25,27)/p+1/t17-/m1/s1. The maximum atomic E-state index is 12.8. The average Bonchev–Trinajstić information content (AvgIpc) is 3.00. The van der Waals surface area contributed by atoms with E-state index in [9.17, 15) is 14.7 Å². The molecule has 0 spiro atoms. The van der Waals surface area contributed by atoms with Gasteiger partial charge >= 0.3 is 5.69 Å². The van der Waals surface area contributed by atoms with Gasteiger partial charge in [-0.2, -0.15) is 0 Å². The average molecular weight is 369 g/mol. The summed E-state index contributed by atoms with van der Waals surface area (Å²) >= 11 is 0. The Hall–Kier alpha value is -2.80. The topological polar surface area (TPSA) is 95.3 Å². The van der Waals surface area contributed by atoms with Crippen molar-refractivity contribution in [3.8, 4) is 5.88 Å². The second-order valence-corrected chi connectivity index (χ2v) is 7.47. The van der Waals surface area contributed by atoms with Gasteiger partial charge < -0.3 is 15.0 Å². The van der Waals surface area contributed by atoms with Crippen molar-refractivity contribution in [1.82, 2.24) is 14.5 Å². The minimum absolute atomic E-state index is 0.235. The largest absolute Gasteiger partial charge is 0.494 e. The normalized spacial score (nSPS) is 19.6. The SMILES string of the molecule is CC[NH+]1CCc2c([nH]c3ccccc23)[C@H]1c1c(O)n(C(C)C)c(=O)[nH]c1=O. The molecule has 0 bridgehead atoms. The first-order valence-electron chi connectivity index (χ1n) is 9.45. The molecule has 0 radical (unpaired) electrons. The minimum Gasteiger partial charge on any atom is -0.494 e. The third-order valence-corrected chi connectivity index (χ3v) is 5.65. The van der Waals surface area contributed by atoms with Crippen LogP contribution in [-0.4, -0.2) is 32.7 Å². The lowest BCUT2D eigenvalue weighted by Crippen LogP contribution is -3.13. The lowest BCUT2D eigenvalue weighted by atomic mass is 9.93. The summed E-state index contributed by atoms with van der Waals surface area (Å²) in [5, 5.41) is 12.1. The van der Waals surface area contributed by atoms with Crippen LogP contribution in [0.2, 0.25) is 0 Å². The van der Waals surface area contributed by atoms with E-state index in [-0.39, 0.29) is 23.5 Å². The third kappa shape index (κ3) is 2.61. The van der Waals surface area contributed by atoms with Crippen LogP contribution in [0.15, 0.2) is 33.9 Å². The monoisotopic (exact) mass is 369 g/mol. The Balaban J connectivity index is 2.03. The molecule has 1 unspecified atom stereocenters. The maximum absolute atomic E-state index is 12.8. The second kappa shape index (κ2) is 6.42. The Kier molecular flexibility index (Phi) is 4.19. The van der Waals surface area contributed by atoms with E-state index in [0.717, 1.165) is 36.1 Å². The number of para-hydroxylation sites is 1. The van der Waals surface area contributed by atoms with Gasteiger partial charge in [-0.1, -0.05) is 18.2 Å². The first-order valence-corrected chi connectivity index (χ1v) is 9.45. The summed E-state index contributed by atoms with van der Waals surface area (Å²) in [6.45, 7) is 7.35. The molecule has 0 saturated heterocycles. The van der Waals surface area contributed by atoms with E-state index in [2.05, 4.69) is 23.0 Å². The van der Waals surface area contributed by atoms with Crippen LogP contribution in [0.5, 0.6) is 5.88 Å². The Morgan fingerprint density at radius 2 is 2.00 bits per heavy atom. The van der Waals surface area contributed by atoms with Crippen LogP contribution < -0.4 is 16.1 Å². The highest BCUT2D eigenvalue weighted by Gasteiger charge is 2.39. The van der Waals surface area contributed by atoms with E-state index in [1.54, 1.807) is 0 Å². The summed E-state index contributed by atoms with van der Waals surface area (Å²) in [4.78, 5) is 32.0. The molecule has 7 heteroatoms. The number of hydrogen-bond acceptors (Lipinski definition) is 3. The lowest BCUT2D eigenvalue weighted by Gasteiger charge is -2.32. The number of hydrogen-bond donors (Lipinski definition) is 4. The molecule has 7 nitrogen and oxygen atoms in total. The van der Waals surface area contributed by atoms with Crippen molar-refractivity contribution in [1.29, 1.82) is 0 Å². The van der Waals surface area contributed by atoms with Gasteiger partial charge in [0.2, 0.25) is 5.88 Å². The number of quaternary nitrogens is 1. The first-order chi connectivity index (χ1) is 12.9. The molecule has 27 heavy (non-hydrogen) atoms. The van der Waals surface area contributed by atoms with Gasteiger partial charge in [-0.05, 0) is 32.4 Å². The van der Waals surface area contributed by atoms with Crippen molar-refractivity contribution in [3.05, 3.63) is 61.9 Å². The lowest BCUT2D eigenvalue weighted by molar-refractivity contribution is -0.926. The Morgan fingerprint density at radius 3 is 2.70 bits per heavy atom. The van der Waals surface area contributed by atoms with Crippen LogP contribution >= 0.6 is 0 Å². The minimum atomic E-state index is -0.582. The predicted molar refractivity (Wildman–Crippen MR) is 104 cm³/mol. The molecule has 4 N–H and O–H groups in total. The second-order valence-electron chi connectivity index (χ2n) is 7.47. The van der Waals surface area contributed by atoms with Gasteiger partial charge in [0.25, 0.3) is 5.56 Å². The fourth-order valence-electron chi connectivity index (χ4n) is 4.39. The van der Waals surface area contributed by atoms with Gasteiger partial charge in [-0.25, -0.2) is 4.79 Å². The molecule has 0 fully saturated rings. The summed E-state index contributed by atoms with van der Waals surface area (Å²) in [7, 11) is 0. The zero-order valence-corrected chi connectivity index (χ0v) is 15.8. The number of rotatable bonds is 3. The predicted octanol–water partition coefficient (Wildman–Crippen LogP) is 0.855. The van der Waals surface area contributed by atoms with Gasteiger partial charge in [0.05, 0.1) is 18.8 Å². The Morgan fingerprint density at radius 1 is 1.26 bits per heavy atom. The summed E-state index contributed by atoms with van der Waals surface area (Å²) in [6, 6.07) is 7.48. The number of fused-ring (bicyclic) bond motifs is 3. The van der Waals surface area contributed by atoms with E-state index in [4.69, 9.17) is 0 Å². The molecule has 142 valence electrons. The molecule has 2 atom stereocenters. The van der Waals surface area contributed by atoms with Crippen molar-refractivity contribution in [3.63, 3.8) is 0 Å². The van der Waals surface area contributed by atoms with E-state index in [0.29, 0.717) is 0 Å². The van der Waals surface area contributed by atoms with Crippen molar-refractivity contribution >= 4 is 10.9 Å². The molecule has 1 aliphatic heterocycles. The highest BCUT2D eigenvalue weighted by Crippen LogP contribution is 2.33. The number of nitrogens with zero attached hydrogens (tertiary/aromatic N) is 1. The summed E-state index contributed by atoms with van der Waals surface area (Å²) in [6.07, 6.45) is 0.904. The number of benzene rings is 1. The van der Waals surface area contributed by atoms with E-state index in [1.165, 1.54) is 15.0 Å². The number of nitrogens with one attached hydrogen (secondary N) is 3. The molecule has 2 aromatic heterocycles. The molecule has 0 aliphatic carbocycles. The van der Waals surface area contributed by atoms with Crippen LogP contribution in [0.3, 0.4) is 0 Å². The van der Waals surface area contributed by atoms with Crippen molar-refractivity contribution in [2.75, 3.05) is 13.1 Å². The van der Waals surface area contributed by atoms with Crippen LogP contribution in [0.25, 0.3) is 10.9 Å². The van der Waals surface area contributed by atoms with Gasteiger partial charge in [-0.15, -0.1) is 0 Å². The number of H-pyrrole nitrogens is 2. The Labute approximate surface area is 156 Å². The van der Waals surface area contributed by atoms with E-state index >= 15 is 0 Å². The summed E-state index contributed by atoms with van der Waals surface area (Å²) in [5.41, 5.74) is 2.33. The Bertz CT molecular complexity index is 1120. The molecule has 3 heterocycles. The van der Waals surface area contributed by atoms with Crippen molar-refractivity contribution in [2.24, 2.45) is 0 Å². The molecule has 0 amide bonds. The number of aromatic amines is 2. The van der Waals surface area contributed by atoms with Crippen molar-refractivity contribution in [2.45, 2.75) is 39.3 Å². The third-order valence-electron chi connectivity index (χ3n) is 5.65. The fourth-order valence-corrected chi connectivity index (χ4v) is 4.39. The first kappa shape index (κ1) is 17.6. The van der Waals surface area contributed by atoms with Gasteiger partial charge in [-0.3, -0.25) is 14.3 Å². The van der Waals surface area contributed by atoms with Crippen LogP contribution in [0.1, 0.15) is 49.7 Å². The number of aromatic nitrogens is 3. The highest BCUT2D eigenvalue weighted by molar-refractivity contribution is 5.85. The molecular weight excluding hydrogens is 344 g/mol. The molecular formula is C20H25N4O3+. The molecule has 1 aromatic carbocycles. The smallest absolute Gasteiger partial charge is 0.331 e. The zero-order valence-electron chi connectivity index (χ0n) is 15.8. The van der Waals surface area contributed by atoms with Gasteiger partial charge in [0.15, 0.2) is 6.04 Å². The summed E-state index contributed by atoms with van der Waals surface area (Å²) in [5.74, 6) is -0.235. The molecule has 4 rings (SSSR count). The van der Waals surface area contributed by atoms with Crippen LogP contribution in [0, 0.1) is 0 Å². The molecule has 1 aliphatic rings. The quantitative estimate of drug-likeness (QED) is 0.551. The highest BCUT2D eigenvalue weighted by atomic mass is 16.3. The number of aromatic hydroxyl groups is 1. The number of likely N-dealkylation sites (N-methyl/N-ethyl adjacent to an activating group) is 1. The zero-order chi connectivity index (χ0) is 19.3. The molecule has 0 saturated carbocycles. The summed E-state index contributed by atoms with van der Waals surface area (Å²) < 4.78 is 1.25. The van der Waals surface area contributed by atoms with E-state index < -0.39 is 11.2 Å². The van der Waals surface area contributed by atoms with Crippen LogP contribution in [0.4, 0.5) is 0 Å². The van der Waals surface area contributed by atoms with Crippen molar-refractivity contribution < 1.29 is 10.0 Å².